The van der Waals surface area contributed by atoms with E-state index in [-0.39, 0.29) is 5.82 Å². The van der Waals surface area contributed by atoms with E-state index >= 15 is 0 Å². The van der Waals surface area contributed by atoms with Crippen LogP contribution in [0, 0.1) is 5.82 Å². The fourth-order valence-corrected chi connectivity index (χ4v) is 3.35. The van der Waals surface area contributed by atoms with Crippen LogP contribution in [0.15, 0.2) is 53.5 Å². The minimum Gasteiger partial charge on any atom is -0.495 e. The van der Waals surface area contributed by atoms with Crippen molar-refractivity contribution in [2.24, 2.45) is 4.99 Å². The molecule has 1 heterocycles. The van der Waals surface area contributed by atoms with Crippen molar-refractivity contribution in [3.63, 3.8) is 0 Å². The van der Waals surface area contributed by atoms with E-state index in [0.717, 1.165) is 55.4 Å². The van der Waals surface area contributed by atoms with E-state index < -0.39 is 0 Å². The van der Waals surface area contributed by atoms with Crippen LogP contribution in [0.25, 0.3) is 0 Å². The molecule has 1 aliphatic heterocycles. The summed E-state index contributed by atoms with van der Waals surface area (Å²) in [5.41, 5.74) is 2.23. The number of guanidine groups is 1. The number of anilines is 1. The minimum atomic E-state index is -0.204. The molecule has 3 rings (SSSR count). The normalized spacial score (nSPS) is 17.1. The van der Waals surface area contributed by atoms with Gasteiger partial charge in [0.25, 0.3) is 0 Å². The molecule has 0 spiro atoms. The molecular formula is C21H27FN4O. The van der Waals surface area contributed by atoms with E-state index in [0.29, 0.717) is 6.04 Å². The van der Waals surface area contributed by atoms with Crippen molar-refractivity contribution in [2.45, 2.75) is 18.9 Å². The van der Waals surface area contributed by atoms with E-state index in [9.17, 15) is 4.39 Å². The Morgan fingerprint density at radius 2 is 2.00 bits per heavy atom. The Balaban J connectivity index is 1.48. The Labute approximate surface area is 160 Å². The first-order valence-electron chi connectivity index (χ1n) is 9.29. The highest BCUT2D eigenvalue weighted by Gasteiger charge is 2.25. The van der Waals surface area contributed by atoms with Gasteiger partial charge in [-0.3, -0.25) is 4.99 Å². The summed E-state index contributed by atoms with van der Waals surface area (Å²) in [6, 6.07) is 15.1. The third kappa shape index (κ3) is 5.12. The number of hydrogen-bond acceptors (Lipinski definition) is 3. The first-order chi connectivity index (χ1) is 13.2. The molecule has 1 unspecified atom stereocenters. The van der Waals surface area contributed by atoms with Gasteiger partial charge < -0.3 is 20.3 Å². The first-order valence-corrected chi connectivity index (χ1v) is 9.29. The summed E-state index contributed by atoms with van der Waals surface area (Å²) in [5.74, 6) is 1.49. The second-order valence-electron chi connectivity index (χ2n) is 6.62. The molecule has 0 radical (unpaired) electrons. The van der Waals surface area contributed by atoms with Crippen LogP contribution < -0.4 is 20.3 Å². The Morgan fingerprint density at radius 1 is 1.22 bits per heavy atom. The summed E-state index contributed by atoms with van der Waals surface area (Å²) >= 11 is 0. The van der Waals surface area contributed by atoms with Crippen molar-refractivity contribution in [1.29, 1.82) is 0 Å². The second-order valence-corrected chi connectivity index (χ2v) is 6.62. The fourth-order valence-electron chi connectivity index (χ4n) is 3.35. The van der Waals surface area contributed by atoms with E-state index in [1.807, 2.05) is 30.3 Å². The lowest BCUT2D eigenvalue weighted by Crippen LogP contribution is -2.45. The van der Waals surface area contributed by atoms with Crippen molar-refractivity contribution in [2.75, 3.05) is 38.7 Å². The zero-order valence-corrected chi connectivity index (χ0v) is 15.9. The van der Waals surface area contributed by atoms with Crippen molar-refractivity contribution >= 4 is 11.6 Å². The van der Waals surface area contributed by atoms with Gasteiger partial charge >= 0.3 is 0 Å². The quantitative estimate of drug-likeness (QED) is 0.606. The van der Waals surface area contributed by atoms with Crippen molar-refractivity contribution in [3.8, 4) is 5.75 Å². The maximum atomic E-state index is 13.0. The topological polar surface area (TPSA) is 48.9 Å². The summed E-state index contributed by atoms with van der Waals surface area (Å²) in [4.78, 5) is 6.66. The van der Waals surface area contributed by atoms with Gasteiger partial charge in [0.05, 0.1) is 12.8 Å². The molecule has 1 atom stereocenters. The minimum absolute atomic E-state index is 0.204. The number of nitrogens with zero attached hydrogens (tertiary/aromatic N) is 2. The highest BCUT2D eigenvalue weighted by molar-refractivity contribution is 5.80. The number of benzene rings is 2. The number of hydrogen-bond donors (Lipinski definition) is 2. The second kappa shape index (κ2) is 9.26. The smallest absolute Gasteiger partial charge is 0.191 e. The highest BCUT2D eigenvalue weighted by Crippen LogP contribution is 2.30. The maximum absolute atomic E-state index is 13.0. The summed E-state index contributed by atoms with van der Waals surface area (Å²) in [5, 5.41) is 6.83. The van der Waals surface area contributed by atoms with Crippen molar-refractivity contribution in [1.82, 2.24) is 10.6 Å². The standard InChI is InChI=1S/C21H27FN4O/c1-23-21(24-13-11-16-7-9-17(22)10-8-16)25-18-12-14-26(15-18)19-5-3-4-6-20(19)27-2/h3-10,18H,11-15H2,1-2H3,(H2,23,24,25). The predicted octanol–water partition coefficient (Wildman–Crippen LogP) is 2.82. The van der Waals surface area contributed by atoms with Gasteiger partial charge in [-0.2, -0.15) is 0 Å². The van der Waals surface area contributed by atoms with Crippen LogP contribution in [0.3, 0.4) is 0 Å². The number of methoxy groups -OCH3 is 1. The summed E-state index contributed by atoms with van der Waals surface area (Å²) in [6.45, 7) is 2.62. The lowest BCUT2D eigenvalue weighted by Gasteiger charge is -2.22. The summed E-state index contributed by atoms with van der Waals surface area (Å²) in [7, 11) is 3.48. The molecule has 2 N–H and O–H groups in total. The largest absolute Gasteiger partial charge is 0.495 e. The molecule has 1 aliphatic rings. The van der Waals surface area contributed by atoms with Crippen LogP contribution in [0.5, 0.6) is 5.75 Å². The predicted molar refractivity (Wildman–Crippen MR) is 108 cm³/mol. The summed E-state index contributed by atoms with van der Waals surface area (Å²) in [6.07, 6.45) is 1.86. The van der Waals surface area contributed by atoms with Gasteiger partial charge in [0.1, 0.15) is 11.6 Å². The van der Waals surface area contributed by atoms with Gasteiger partial charge in [-0.15, -0.1) is 0 Å². The zero-order valence-electron chi connectivity index (χ0n) is 15.9. The number of halogens is 1. The Kier molecular flexibility index (Phi) is 6.52. The summed E-state index contributed by atoms with van der Waals surface area (Å²) < 4.78 is 18.4. The lowest BCUT2D eigenvalue weighted by molar-refractivity contribution is 0.415. The van der Waals surface area contributed by atoms with E-state index in [1.165, 1.54) is 12.1 Å². The number of para-hydroxylation sites is 2. The molecule has 0 aliphatic carbocycles. The van der Waals surface area contributed by atoms with Crippen LogP contribution in [0.1, 0.15) is 12.0 Å². The molecule has 0 aromatic heterocycles. The average Bonchev–Trinajstić information content (AvgIpc) is 3.17. The fraction of sp³-hybridized carbons (Fsp3) is 0.381. The third-order valence-electron chi connectivity index (χ3n) is 4.80. The number of ether oxygens (including phenoxy) is 1. The first kappa shape index (κ1) is 19.0. The van der Waals surface area contributed by atoms with E-state index in [2.05, 4.69) is 26.6 Å². The molecule has 27 heavy (non-hydrogen) atoms. The SMILES string of the molecule is CN=C(NCCc1ccc(F)cc1)NC1CCN(c2ccccc2OC)C1. The van der Waals surface area contributed by atoms with Crippen LogP contribution in [-0.2, 0) is 6.42 Å². The molecule has 1 saturated heterocycles. The maximum Gasteiger partial charge on any atom is 0.191 e. The van der Waals surface area contributed by atoms with Crippen LogP contribution in [0.2, 0.25) is 0 Å². The Hall–Kier alpha value is -2.76. The molecule has 6 heteroatoms. The van der Waals surface area contributed by atoms with Gasteiger partial charge in [0, 0.05) is 32.7 Å². The van der Waals surface area contributed by atoms with Crippen LogP contribution in [-0.4, -0.2) is 45.8 Å². The molecule has 2 aromatic rings. The number of aliphatic imine (C=N–C) groups is 1. The van der Waals surface area contributed by atoms with Gasteiger partial charge in [-0.05, 0) is 42.7 Å². The molecule has 144 valence electrons. The van der Waals surface area contributed by atoms with Gasteiger partial charge in [-0.1, -0.05) is 24.3 Å². The molecule has 1 fully saturated rings. The van der Waals surface area contributed by atoms with Crippen LogP contribution in [0.4, 0.5) is 10.1 Å². The van der Waals surface area contributed by atoms with Gasteiger partial charge in [-0.25, -0.2) is 4.39 Å². The van der Waals surface area contributed by atoms with E-state index in [4.69, 9.17) is 4.74 Å². The number of rotatable bonds is 6. The Morgan fingerprint density at radius 3 is 2.74 bits per heavy atom. The lowest BCUT2D eigenvalue weighted by atomic mass is 10.1. The average molecular weight is 370 g/mol. The monoisotopic (exact) mass is 370 g/mol. The van der Waals surface area contributed by atoms with Crippen molar-refractivity contribution in [3.05, 3.63) is 59.9 Å². The molecule has 0 amide bonds. The van der Waals surface area contributed by atoms with E-state index in [1.54, 1.807) is 14.2 Å². The Bertz CT molecular complexity index is 763. The van der Waals surface area contributed by atoms with Gasteiger partial charge in [0.15, 0.2) is 5.96 Å². The molecule has 0 saturated carbocycles. The van der Waals surface area contributed by atoms with Crippen LogP contribution >= 0.6 is 0 Å². The highest BCUT2D eigenvalue weighted by atomic mass is 19.1. The van der Waals surface area contributed by atoms with Gasteiger partial charge in [0.2, 0.25) is 0 Å². The number of nitrogens with one attached hydrogen (secondary N) is 2. The molecule has 0 bridgehead atoms. The van der Waals surface area contributed by atoms with Crippen molar-refractivity contribution < 1.29 is 9.13 Å². The molecule has 2 aromatic carbocycles. The molecule has 5 nitrogen and oxygen atoms in total. The third-order valence-corrected chi connectivity index (χ3v) is 4.80. The zero-order chi connectivity index (χ0) is 19.1. The molecular weight excluding hydrogens is 343 g/mol.